The molecule has 0 unspecified atom stereocenters. The first kappa shape index (κ1) is 25.4. The molecule has 4 aromatic rings. The molecule has 0 amide bonds. The summed E-state index contributed by atoms with van der Waals surface area (Å²) in [6.07, 6.45) is 2.82. The third-order valence-corrected chi connectivity index (χ3v) is 6.60. The van der Waals surface area contributed by atoms with E-state index in [1.165, 1.54) is 12.8 Å². The van der Waals surface area contributed by atoms with Crippen LogP contribution in [-0.2, 0) is 11.2 Å². The number of likely N-dealkylation sites (tertiary alicyclic amines) is 1. The number of fused-ring (bicyclic) bond motifs is 1. The van der Waals surface area contributed by atoms with Crippen LogP contribution >= 0.6 is 0 Å². The van der Waals surface area contributed by atoms with Gasteiger partial charge in [-0.25, -0.2) is 10.1 Å². The average Bonchev–Trinajstić information content (AvgIpc) is 3.61. The summed E-state index contributed by atoms with van der Waals surface area (Å²) < 4.78 is 12.0. The Morgan fingerprint density at radius 2 is 1.87 bits per heavy atom. The Morgan fingerprint density at radius 1 is 1.08 bits per heavy atom. The Bertz CT molecular complexity index is 1490. The average molecular weight is 519 g/mol. The first-order chi connectivity index (χ1) is 18.5. The summed E-state index contributed by atoms with van der Waals surface area (Å²) in [5.41, 5.74) is 3.28. The van der Waals surface area contributed by atoms with Crippen LogP contribution in [-0.4, -0.2) is 74.2 Å². The third kappa shape index (κ3) is 5.67. The number of aliphatic carboxylic acids is 1. The second-order valence-corrected chi connectivity index (χ2v) is 9.18. The number of aromatic nitrogens is 5. The van der Waals surface area contributed by atoms with E-state index in [1.54, 1.807) is 0 Å². The first-order valence-electron chi connectivity index (χ1n) is 12.8. The number of nitrogens with one attached hydrogen (secondary N) is 2. The lowest BCUT2D eigenvalue weighted by atomic mass is 9.98. The van der Waals surface area contributed by atoms with Crippen molar-refractivity contribution in [2.45, 2.75) is 32.6 Å². The SMILES string of the molecule is CCOc1cc(-c2ccc(OCCN3CCCC3)c(CCC(=O)O)c2)ccc1-c1nc2[nH]nnc2c(=O)[nH]1. The van der Waals surface area contributed by atoms with Crippen molar-refractivity contribution in [3.8, 4) is 34.0 Å². The van der Waals surface area contributed by atoms with E-state index >= 15 is 0 Å². The molecule has 11 heteroatoms. The molecule has 2 aromatic heterocycles. The second-order valence-electron chi connectivity index (χ2n) is 9.18. The molecule has 3 heterocycles. The van der Waals surface area contributed by atoms with E-state index in [2.05, 4.69) is 30.3 Å². The van der Waals surface area contributed by atoms with E-state index in [1.807, 2.05) is 43.3 Å². The summed E-state index contributed by atoms with van der Waals surface area (Å²) >= 11 is 0. The molecule has 1 aliphatic rings. The molecule has 38 heavy (non-hydrogen) atoms. The van der Waals surface area contributed by atoms with Crippen LogP contribution in [0.4, 0.5) is 0 Å². The minimum atomic E-state index is -0.854. The van der Waals surface area contributed by atoms with Gasteiger partial charge in [0.2, 0.25) is 0 Å². The van der Waals surface area contributed by atoms with Gasteiger partial charge in [-0.2, -0.15) is 0 Å². The molecule has 1 aliphatic heterocycles. The van der Waals surface area contributed by atoms with Crippen molar-refractivity contribution in [2.75, 3.05) is 32.8 Å². The van der Waals surface area contributed by atoms with Crippen LogP contribution in [0.3, 0.4) is 0 Å². The molecule has 1 saturated heterocycles. The summed E-state index contributed by atoms with van der Waals surface area (Å²) in [5.74, 6) is 0.747. The monoisotopic (exact) mass is 518 g/mol. The van der Waals surface area contributed by atoms with Crippen LogP contribution in [0.15, 0.2) is 41.2 Å². The van der Waals surface area contributed by atoms with Crippen molar-refractivity contribution in [3.63, 3.8) is 0 Å². The van der Waals surface area contributed by atoms with E-state index in [0.29, 0.717) is 48.2 Å². The summed E-state index contributed by atoms with van der Waals surface area (Å²) in [6, 6.07) is 11.5. The Morgan fingerprint density at radius 3 is 2.66 bits per heavy atom. The molecule has 0 spiro atoms. The number of hydrogen-bond acceptors (Lipinski definition) is 8. The highest BCUT2D eigenvalue weighted by Crippen LogP contribution is 2.35. The number of aromatic amines is 2. The lowest BCUT2D eigenvalue weighted by Gasteiger charge is -2.17. The van der Waals surface area contributed by atoms with Gasteiger partial charge in [0.25, 0.3) is 5.56 Å². The van der Waals surface area contributed by atoms with Gasteiger partial charge >= 0.3 is 5.97 Å². The fourth-order valence-electron chi connectivity index (χ4n) is 4.69. The molecule has 0 radical (unpaired) electrons. The van der Waals surface area contributed by atoms with Gasteiger partial charge in [-0.15, -0.1) is 5.10 Å². The van der Waals surface area contributed by atoms with E-state index in [0.717, 1.165) is 36.3 Å². The molecule has 0 saturated carbocycles. The number of benzene rings is 2. The van der Waals surface area contributed by atoms with Gasteiger partial charge in [-0.3, -0.25) is 14.5 Å². The predicted octanol–water partition coefficient (Wildman–Crippen LogP) is 3.27. The van der Waals surface area contributed by atoms with E-state index in [-0.39, 0.29) is 11.9 Å². The maximum atomic E-state index is 12.4. The van der Waals surface area contributed by atoms with Crippen molar-refractivity contribution in [1.29, 1.82) is 0 Å². The quantitative estimate of drug-likeness (QED) is 0.272. The Kier molecular flexibility index (Phi) is 7.64. The minimum Gasteiger partial charge on any atom is -0.493 e. The van der Waals surface area contributed by atoms with Gasteiger partial charge in [0.15, 0.2) is 11.2 Å². The zero-order valence-electron chi connectivity index (χ0n) is 21.2. The lowest BCUT2D eigenvalue weighted by molar-refractivity contribution is -0.136. The second kappa shape index (κ2) is 11.4. The number of rotatable bonds is 11. The van der Waals surface area contributed by atoms with Gasteiger partial charge in [0, 0.05) is 13.0 Å². The Labute approximate surface area is 218 Å². The minimum absolute atomic E-state index is 0.0129. The number of carboxylic acids is 1. The third-order valence-electron chi connectivity index (χ3n) is 6.60. The zero-order valence-corrected chi connectivity index (χ0v) is 21.2. The number of aryl methyl sites for hydroxylation is 1. The van der Waals surface area contributed by atoms with Crippen LogP contribution in [0.5, 0.6) is 11.5 Å². The predicted molar refractivity (Wildman–Crippen MR) is 141 cm³/mol. The summed E-state index contributed by atoms with van der Waals surface area (Å²) in [6.45, 7) is 5.92. The number of nitrogens with zero attached hydrogens (tertiary/aromatic N) is 4. The fourth-order valence-corrected chi connectivity index (χ4v) is 4.69. The smallest absolute Gasteiger partial charge is 0.303 e. The van der Waals surface area contributed by atoms with Crippen LogP contribution in [0.25, 0.3) is 33.7 Å². The van der Waals surface area contributed by atoms with E-state index in [9.17, 15) is 14.7 Å². The van der Waals surface area contributed by atoms with Crippen LogP contribution in [0, 0.1) is 0 Å². The molecule has 0 bridgehead atoms. The van der Waals surface area contributed by atoms with E-state index in [4.69, 9.17) is 9.47 Å². The van der Waals surface area contributed by atoms with Crippen LogP contribution in [0.2, 0.25) is 0 Å². The number of carbonyl (C=O) groups is 1. The summed E-state index contributed by atoms with van der Waals surface area (Å²) in [5, 5.41) is 19.3. The Balaban J connectivity index is 1.44. The van der Waals surface area contributed by atoms with Gasteiger partial charge in [-0.05, 0) is 80.2 Å². The lowest BCUT2D eigenvalue weighted by Crippen LogP contribution is -2.25. The molecule has 3 N–H and O–H groups in total. The van der Waals surface area contributed by atoms with Crippen molar-refractivity contribution < 1.29 is 19.4 Å². The van der Waals surface area contributed by atoms with Crippen LogP contribution < -0.4 is 15.0 Å². The summed E-state index contributed by atoms with van der Waals surface area (Å²) in [7, 11) is 0. The number of H-pyrrole nitrogens is 2. The van der Waals surface area contributed by atoms with Crippen molar-refractivity contribution in [1.82, 2.24) is 30.3 Å². The standard InChI is InChI=1S/C27H30N6O5/c1-2-37-22-16-18(5-8-20(22)25-28-26-24(27(36)29-25)30-32-31-26)17-6-9-21(19(15-17)7-10-23(34)35)38-14-13-33-11-3-4-12-33/h5-6,8-9,15-16H,2-4,7,10-14H2,1H3,(H,34,35)(H2,28,29,30,31,32,36). The van der Waals surface area contributed by atoms with Gasteiger partial charge in [-0.1, -0.05) is 17.3 Å². The molecule has 0 aliphatic carbocycles. The molecule has 1 fully saturated rings. The molecule has 198 valence electrons. The molecule has 5 rings (SSSR count). The largest absolute Gasteiger partial charge is 0.493 e. The maximum Gasteiger partial charge on any atom is 0.303 e. The normalized spacial score (nSPS) is 13.7. The highest BCUT2D eigenvalue weighted by molar-refractivity contribution is 5.77. The van der Waals surface area contributed by atoms with Crippen molar-refractivity contribution in [3.05, 3.63) is 52.3 Å². The van der Waals surface area contributed by atoms with Gasteiger partial charge in [0.05, 0.1) is 12.2 Å². The van der Waals surface area contributed by atoms with Crippen LogP contribution in [0.1, 0.15) is 31.7 Å². The number of ether oxygens (including phenoxy) is 2. The topological polar surface area (TPSA) is 146 Å². The first-order valence-corrected chi connectivity index (χ1v) is 12.8. The maximum absolute atomic E-state index is 12.4. The van der Waals surface area contributed by atoms with Gasteiger partial charge < -0.3 is 19.6 Å². The zero-order chi connectivity index (χ0) is 26.5. The molecule has 0 atom stereocenters. The van der Waals surface area contributed by atoms with E-state index < -0.39 is 11.5 Å². The molecular formula is C27H30N6O5. The van der Waals surface area contributed by atoms with Gasteiger partial charge in [0.1, 0.15) is 23.9 Å². The summed E-state index contributed by atoms with van der Waals surface area (Å²) in [4.78, 5) is 33.3. The fraction of sp³-hybridized carbons (Fsp3) is 0.370. The Hall–Kier alpha value is -4.25. The highest BCUT2D eigenvalue weighted by atomic mass is 16.5. The number of hydrogen-bond donors (Lipinski definition) is 3. The molecule has 2 aromatic carbocycles. The molecular weight excluding hydrogens is 488 g/mol. The van der Waals surface area contributed by atoms with Crippen molar-refractivity contribution >= 4 is 17.1 Å². The number of carboxylic acid groups (broad SMARTS) is 1. The molecule has 11 nitrogen and oxygen atoms in total. The van der Waals surface area contributed by atoms with Crippen molar-refractivity contribution in [2.24, 2.45) is 0 Å². The highest BCUT2D eigenvalue weighted by Gasteiger charge is 2.16.